The highest BCUT2D eigenvalue weighted by atomic mass is 16.2. The van der Waals surface area contributed by atoms with Gasteiger partial charge in [-0.25, -0.2) is 0 Å². The Bertz CT molecular complexity index is 578. The summed E-state index contributed by atoms with van der Waals surface area (Å²) < 4.78 is 0. The fourth-order valence-corrected chi connectivity index (χ4v) is 3.39. The molecule has 1 N–H and O–H groups in total. The molecule has 1 unspecified atom stereocenters. The average molecular weight is 344 g/mol. The number of carbonyl (C=O) groups is 2. The molecule has 25 heavy (non-hydrogen) atoms. The number of benzene rings is 1. The molecule has 2 rings (SSSR count). The highest BCUT2D eigenvalue weighted by molar-refractivity contribution is 5.80. The smallest absolute Gasteiger partial charge is 0.222 e. The third kappa shape index (κ3) is 5.87. The molecule has 1 atom stereocenters. The van der Waals surface area contributed by atoms with Crippen LogP contribution in [0.5, 0.6) is 0 Å². The van der Waals surface area contributed by atoms with Gasteiger partial charge in [-0.05, 0) is 35.8 Å². The van der Waals surface area contributed by atoms with Crippen LogP contribution in [0, 0.1) is 11.8 Å². The fraction of sp³-hybridized carbons (Fsp3) is 0.619. The van der Waals surface area contributed by atoms with Crippen LogP contribution in [-0.2, 0) is 16.0 Å². The Hall–Kier alpha value is -1.84. The summed E-state index contributed by atoms with van der Waals surface area (Å²) in [6.07, 6.45) is 2.99. The highest BCUT2D eigenvalue weighted by Crippen LogP contribution is 2.23. The lowest BCUT2D eigenvalue weighted by Crippen LogP contribution is -2.35. The van der Waals surface area contributed by atoms with E-state index in [-0.39, 0.29) is 17.9 Å². The van der Waals surface area contributed by atoms with Crippen molar-refractivity contribution in [3.05, 3.63) is 35.4 Å². The number of hydrogen-bond donors (Lipinski definition) is 1. The van der Waals surface area contributed by atoms with Crippen LogP contribution in [0.4, 0.5) is 0 Å². The van der Waals surface area contributed by atoms with Crippen molar-refractivity contribution >= 4 is 11.8 Å². The van der Waals surface area contributed by atoms with Gasteiger partial charge in [-0.3, -0.25) is 9.59 Å². The molecule has 1 aliphatic heterocycles. The number of nitrogens with zero attached hydrogens (tertiary/aromatic N) is 1. The van der Waals surface area contributed by atoms with Gasteiger partial charge in [-0.2, -0.15) is 0 Å². The third-order valence-electron chi connectivity index (χ3n) is 4.75. The van der Waals surface area contributed by atoms with E-state index in [2.05, 4.69) is 57.3 Å². The van der Waals surface area contributed by atoms with E-state index in [1.165, 1.54) is 5.56 Å². The van der Waals surface area contributed by atoms with E-state index >= 15 is 0 Å². The van der Waals surface area contributed by atoms with Crippen LogP contribution >= 0.6 is 0 Å². The van der Waals surface area contributed by atoms with E-state index in [0.29, 0.717) is 31.2 Å². The van der Waals surface area contributed by atoms with Crippen LogP contribution in [0.2, 0.25) is 0 Å². The van der Waals surface area contributed by atoms with Crippen LogP contribution in [0.3, 0.4) is 0 Å². The molecule has 1 aromatic rings. The van der Waals surface area contributed by atoms with E-state index in [9.17, 15) is 9.59 Å². The maximum Gasteiger partial charge on any atom is 0.222 e. The monoisotopic (exact) mass is 344 g/mol. The van der Waals surface area contributed by atoms with Crippen LogP contribution in [-0.4, -0.2) is 29.8 Å². The van der Waals surface area contributed by atoms with Gasteiger partial charge in [0, 0.05) is 25.9 Å². The Morgan fingerprint density at radius 1 is 1.16 bits per heavy atom. The zero-order chi connectivity index (χ0) is 18.4. The molecular formula is C21H32N2O2. The van der Waals surface area contributed by atoms with Crippen molar-refractivity contribution in [2.45, 2.75) is 59.4 Å². The normalized spacial score (nSPS) is 15.9. The molecule has 138 valence electrons. The summed E-state index contributed by atoms with van der Waals surface area (Å²) in [5.41, 5.74) is 2.48. The SMILES string of the molecule is CC(C)Cc1ccc(C(NC(=O)CCN2CCCC2=O)C(C)C)cc1. The number of hydrogen-bond acceptors (Lipinski definition) is 2. The largest absolute Gasteiger partial charge is 0.349 e. The summed E-state index contributed by atoms with van der Waals surface area (Å²) >= 11 is 0. The predicted octanol–water partition coefficient (Wildman–Crippen LogP) is 3.71. The van der Waals surface area contributed by atoms with E-state index in [1.807, 2.05) is 0 Å². The second kappa shape index (κ2) is 9.02. The minimum atomic E-state index is 0.00915. The summed E-state index contributed by atoms with van der Waals surface area (Å²) in [4.78, 5) is 25.8. The molecule has 0 bridgehead atoms. The Morgan fingerprint density at radius 3 is 2.36 bits per heavy atom. The summed E-state index contributed by atoms with van der Waals surface area (Å²) in [5, 5.41) is 3.15. The lowest BCUT2D eigenvalue weighted by molar-refractivity contribution is -0.128. The predicted molar refractivity (Wildman–Crippen MR) is 101 cm³/mol. The summed E-state index contributed by atoms with van der Waals surface area (Å²) in [5.74, 6) is 1.15. The van der Waals surface area contributed by atoms with Gasteiger partial charge < -0.3 is 10.2 Å². The minimum absolute atomic E-state index is 0.00915. The molecular weight excluding hydrogens is 312 g/mol. The van der Waals surface area contributed by atoms with Crippen LogP contribution in [0.15, 0.2) is 24.3 Å². The van der Waals surface area contributed by atoms with E-state index in [1.54, 1.807) is 4.90 Å². The van der Waals surface area contributed by atoms with Crippen molar-refractivity contribution in [3.63, 3.8) is 0 Å². The molecule has 4 heteroatoms. The van der Waals surface area contributed by atoms with Gasteiger partial charge in [0.25, 0.3) is 0 Å². The van der Waals surface area contributed by atoms with Crippen LogP contribution < -0.4 is 5.32 Å². The third-order valence-corrected chi connectivity index (χ3v) is 4.75. The highest BCUT2D eigenvalue weighted by Gasteiger charge is 2.22. The van der Waals surface area contributed by atoms with Crippen molar-refractivity contribution in [1.82, 2.24) is 10.2 Å². The minimum Gasteiger partial charge on any atom is -0.349 e. The molecule has 1 heterocycles. The Morgan fingerprint density at radius 2 is 1.84 bits per heavy atom. The van der Waals surface area contributed by atoms with E-state index in [4.69, 9.17) is 0 Å². The Balaban J connectivity index is 1.93. The number of carbonyl (C=O) groups excluding carboxylic acids is 2. The molecule has 0 aliphatic carbocycles. The first-order valence-electron chi connectivity index (χ1n) is 9.52. The van der Waals surface area contributed by atoms with Crippen LogP contribution in [0.1, 0.15) is 64.1 Å². The van der Waals surface area contributed by atoms with Gasteiger partial charge in [0.05, 0.1) is 6.04 Å². The second-order valence-electron chi connectivity index (χ2n) is 7.86. The maximum absolute atomic E-state index is 12.4. The first kappa shape index (κ1) is 19.5. The van der Waals surface area contributed by atoms with Gasteiger partial charge >= 0.3 is 0 Å². The fourth-order valence-electron chi connectivity index (χ4n) is 3.39. The molecule has 0 radical (unpaired) electrons. The van der Waals surface area contributed by atoms with Gasteiger partial charge in [-0.15, -0.1) is 0 Å². The summed E-state index contributed by atoms with van der Waals surface area (Å²) in [7, 11) is 0. The summed E-state index contributed by atoms with van der Waals surface area (Å²) in [6, 6.07) is 8.61. The van der Waals surface area contributed by atoms with Gasteiger partial charge in [0.2, 0.25) is 11.8 Å². The molecule has 1 saturated heterocycles. The van der Waals surface area contributed by atoms with Crippen molar-refractivity contribution < 1.29 is 9.59 Å². The number of amides is 2. The average Bonchev–Trinajstić information content (AvgIpc) is 2.96. The molecule has 1 aliphatic rings. The van der Waals surface area contributed by atoms with Gasteiger partial charge in [-0.1, -0.05) is 52.0 Å². The zero-order valence-corrected chi connectivity index (χ0v) is 16.0. The first-order chi connectivity index (χ1) is 11.9. The molecule has 0 spiro atoms. The quantitative estimate of drug-likeness (QED) is 0.781. The van der Waals surface area contributed by atoms with Crippen molar-refractivity contribution in [3.8, 4) is 0 Å². The van der Waals surface area contributed by atoms with Crippen molar-refractivity contribution in [1.29, 1.82) is 0 Å². The van der Waals surface area contributed by atoms with Gasteiger partial charge in [0.15, 0.2) is 0 Å². The number of rotatable bonds is 8. The van der Waals surface area contributed by atoms with Crippen molar-refractivity contribution in [2.24, 2.45) is 11.8 Å². The van der Waals surface area contributed by atoms with E-state index < -0.39 is 0 Å². The van der Waals surface area contributed by atoms with E-state index in [0.717, 1.165) is 24.9 Å². The molecule has 0 saturated carbocycles. The zero-order valence-electron chi connectivity index (χ0n) is 16.0. The van der Waals surface area contributed by atoms with Crippen molar-refractivity contribution in [2.75, 3.05) is 13.1 Å². The molecule has 1 aromatic carbocycles. The Kier molecular flexibility index (Phi) is 7.03. The number of likely N-dealkylation sites (tertiary alicyclic amines) is 1. The number of nitrogens with one attached hydrogen (secondary N) is 1. The molecule has 2 amide bonds. The van der Waals surface area contributed by atoms with Gasteiger partial charge in [0.1, 0.15) is 0 Å². The maximum atomic E-state index is 12.4. The van der Waals surface area contributed by atoms with Crippen LogP contribution in [0.25, 0.3) is 0 Å². The second-order valence-corrected chi connectivity index (χ2v) is 7.86. The summed E-state index contributed by atoms with van der Waals surface area (Å²) in [6.45, 7) is 10.0. The molecule has 0 aromatic heterocycles. The first-order valence-corrected chi connectivity index (χ1v) is 9.52. The standard InChI is InChI=1S/C21H32N2O2/c1-15(2)14-17-7-9-18(10-8-17)21(16(3)4)22-19(24)11-13-23-12-5-6-20(23)25/h7-10,15-16,21H,5-6,11-14H2,1-4H3,(H,22,24). The lowest BCUT2D eigenvalue weighted by atomic mass is 9.93. The molecule has 4 nitrogen and oxygen atoms in total. The Labute approximate surface area is 152 Å². The lowest BCUT2D eigenvalue weighted by Gasteiger charge is -2.24. The topological polar surface area (TPSA) is 49.4 Å². The molecule has 1 fully saturated rings.